The first kappa shape index (κ1) is 15.3. The zero-order chi connectivity index (χ0) is 15.7. The van der Waals surface area contributed by atoms with Crippen LogP contribution < -0.4 is 0 Å². The lowest BCUT2D eigenvalue weighted by atomic mass is 10.1. The highest BCUT2D eigenvalue weighted by Crippen LogP contribution is 2.26. The van der Waals surface area contributed by atoms with Crippen molar-refractivity contribution in [3.63, 3.8) is 0 Å². The fraction of sp³-hybridized carbons (Fsp3) is 0.412. The number of benzene rings is 1. The van der Waals surface area contributed by atoms with Gasteiger partial charge in [0.05, 0.1) is 4.90 Å². The third kappa shape index (κ3) is 2.83. The van der Waals surface area contributed by atoms with Crippen molar-refractivity contribution in [1.29, 1.82) is 0 Å². The minimum absolute atomic E-state index is 0.448. The van der Waals surface area contributed by atoms with Crippen LogP contribution in [0.15, 0.2) is 35.2 Å². The molecule has 1 N–H and O–H groups in total. The lowest BCUT2D eigenvalue weighted by molar-refractivity contribution is 0.476. The van der Waals surface area contributed by atoms with E-state index in [9.17, 15) is 8.42 Å². The van der Waals surface area contributed by atoms with Gasteiger partial charge in [0.25, 0.3) is 0 Å². The maximum atomic E-state index is 12.9. The molecule has 0 aliphatic carbocycles. The van der Waals surface area contributed by atoms with E-state index in [1.54, 1.807) is 16.4 Å². The van der Waals surface area contributed by atoms with Crippen molar-refractivity contribution in [1.82, 2.24) is 9.29 Å². The van der Waals surface area contributed by atoms with E-state index in [1.807, 2.05) is 19.1 Å². The highest BCUT2D eigenvalue weighted by molar-refractivity contribution is 7.89. The molecule has 0 unspecified atom stereocenters. The molecule has 0 saturated carbocycles. The van der Waals surface area contributed by atoms with Crippen LogP contribution in [0.25, 0.3) is 0 Å². The molecule has 4 nitrogen and oxygen atoms in total. The Labute approximate surface area is 132 Å². The molecule has 0 spiro atoms. The fourth-order valence-corrected chi connectivity index (χ4v) is 4.87. The molecule has 1 fully saturated rings. The Kier molecular flexibility index (Phi) is 4.10. The first-order valence-electron chi connectivity index (χ1n) is 7.71. The lowest BCUT2D eigenvalue weighted by Gasteiger charge is -2.18. The average molecular weight is 318 g/mol. The molecule has 0 radical (unpaired) electrons. The highest BCUT2D eigenvalue weighted by Gasteiger charge is 2.29. The standard InChI is InChI=1S/C17H22N2O2S/c1-13-11-14(2)18-16(13)12-15-7-3-4-8-17(15)22(20,21)19-9-5-6-10-19/h3-4,7-8,11,18H,5-6,9-10,12H2,1-2H3. The number of hydrogen-bond acceptors (Lipinski definition) is 2. The minimum atomic E-state index is -3.38. The molecule has 0 bridgehead atoms. The first-order valence-corrected chi connectivity index (χ1v) is 9.15. The quantitative estimate of drug-likeness (QED) is 0.942. The maximum absolute atomic E-state index is 12.9. The highest BCUT2D eigenvalue weighted by atomic mass is 32.2. The van der Waals surface area contributed by atoms with E-state index in [4.69, 9.17) is 0 Å². The Morgan fingerprint density at radius 2 is 1.82 bits per heavy atom. The SMILES string of the molecule is Cc1cc(C)c(Cc2ccccc2S(=O)(=O)N2CCCC2)[nH]1. The Morgan fingerprint density at radius 1 is 1.14 bits per heavy atom. The lowest BCUT2D eigenvalue weighted by Crippen LogP contribution is -2.28. The van der Waals surface area contributed by atoms with Crippen molar-refractivity contribution < 1.29 is 8.42 Å². The molecule has 1 aliphatic rings. The second kappa shape index (κ2) is 5.89. The van der Waals surface area contributed by atoms with Gasteiger partial charge >= 0.3 is 0 Å². The fourth-order valence-electron chi connectivity index (χ4n) is 3.13. The third-order valence-electron chi connectivity index (χ3n) is 4.28. The molecule has 0 amide bonds. The van der Waals surface area contributed by atoms with Crippen molar-refractivity contribution in [2.45, 2.75) is 38.0 Å². The van der Waals surface area contributed by atoms with Gasteiger partial charge in [-0.05, 0) is 49.9 Å². The number of sulfonamides is 1. The summed E-state index contributed by atoms with van der Waals surface area (Å²) in [6.07, 6.45) is 2.52. The third-order valence-corrected chi connectivity index (χ3v) is 6.28. The number of nitrogens with zero attached hydrogens (tertiary/aromatic N) is 1. The average Bonchev–Trinajstić information content (AvgIpc) is 3.10. The molecule has 2 heterocycles. The summed E-state index contributed by atoms with van der Waals surface area (Å²) in [4.78, 5) is 3.78. The number of nitrogens with one attached hydrogen (secondary N) is 1. The van der Waals surface area contributed by atoms with Gasteiger partial charge in [-0.1, -0.05) is 18.2 Å². The van der Waals surface area contributed by atoms with E-state index in [0.29, 0.717) is 24.4 Å². The van der Waals surface area contributed by atoms with Crippen LogP contribution in [0.1, 0.15) is 35.4 Å². The first-order chi connectivity index (χ1) is 10.5. The van der Waals surface area contributed by atoms with Crippen LogP contribution in [-0.4, -0.2) is 30.8 Å². The number of aryl methyl sites for hydroxylation is 2. The van der Waals surface area contributed by atoms with Gasteiger partial charge < -0.3 is 4.98 Å². The summed E-state index contributed by atoms with van der Waals surface area (Å²) in [5.74, 6) is 0. The van der Waals surface area contributed by atoms with Crippen molar-refractivity contribution in [2.75, 3.05) is 13.1 Å². The summed E-state index contributed by atoms with van der Waals surface area (Å²) in [5, 5.41) is 0. The van der Waals surface area contributed by atoms with Gasteiger partial charge in [-0.25, -0.2) is 8.42 Å². The second-order valence-electron chi connectivity index (χ2n) is 6.01. The Balaban J connectivity index is 1.98. The monoisotopic (exact) mass is 318 g/mol. The molecule has 1 aliphatic heterocycles. The van der Waals surface area contributed by atoms with Crippen LogP contribution in [0.2, 0.25) is 0 Å². The second-order valence-corrected chi connectivity index (χ2v) is 7.92. The Hall–Kier alpha value is -1.59. The van der Waals surface area contributed by atoms with E-state index in [1.165, 1.54) is 5.56 Å². The van der Waals surface area contributed by atoms with E-state index in [2.05, 4.69) is 18.0 Å². The van der Waals surface area contributed by atoms with Gasteiger partial charge in [0, 0.05) is 30.9 Å². The summed E-state index contributed by atoms with van der Waals surface area (Å²) in [6, 6.07) is 9.45. The van der Waals surface area contributed by atoms with Crippen molar-refractivity contribution in [3.8, 4) is 0 Å². The van der Waals surface area contributed by atoms with Gasteiger partial charge in [-0.3, -0.25) is 0 Å². The molecular weight excluding hydrogens is 296 g/mol. The molecule has 3 rings (SSSR count). The van der Waals surface area contributed by atoms with Crippen LogP contribution in [0, 0.1) is 13.8 Å². The predicted molar refractivity (Wildman–Crippen MR) is 87.5 cm³/mol. The van der Waals surface area contributed by atoms with Crippen LogP contribution >= 0.6 is 0 Å². The predicted octanol–water partition coefficient (Wildman–Crippen LogP) is 3.01. The van der Waals surface area contributed by atoms with Crippen molar-refractivity contribution in [3.05, 3.63) is 52.8 Å². The smallest absolute Gasteiger partial charge is 0.243 e. The van der Waals surface area contributed by atoms with Crippen LogP contribution in [0.3, 0.4) is 0 Å². The Morgan fingerprint density at radius 3 is 2.45 bits per heavy atom. The molecular formula is C17H22N2O2S. The summed E-state index contributed by atoms with van der Waals surface area (Å²) >= 11 is 0. The van der Waals surface area contributed by atoms with E-state index in [-0.39, 0.29) is 0 Å². The molecule has 22 heavy (non-hydrogen) atoms. The van der Waals surface area contributed by atoms with Crippen molar-refractivity contribution in [2.24, 2.45) is 0 Å². The van der Waals surface area contributed by atoms with E-state index < -0.39 is 10.0 Å². The summed E-state index contributed by atoms with van der Waals surface area (Å²) in [7, 11) is -3.38. The number of H-pyrrole nitrogens is 1. The van der Waals surface area contributed by atoms with Crippen molar-refractivity contribution >= 4 is 10.0 Å². The van der Waals surface area contributed by atoms with Gasteiger partial charge in [0.15, 0.2) is 0 Å². The molecule has 1 aromatic heterocycles. The minimum Gasteiger partial charge on any atom is -0.362 e. The zero-order valence-corrected chi connectivity index (χ0v) is 13.9. The summed E-state index contributed by atoms with van der Waals surface area (Å²) in [6.45, 7) is 5.34. The molecule has 5 heteroatoms. The van der Waals surface area contributed by atoms with Crippen LogP contribution in [-0.2, 0) is 16.4 Å². The van der Waals surface area contributed by atoms with Gasteiger partial charge in [-0.2, -0.15) is 4.31 Å². The van der Waals surface area contributed by atoms with Gasteiger partial charge in [-0.15, -0.1) is 0 Å². The van der Waals surface area contributed by atoms with Gasteiger partial charge in [0.2, 0.25) is 10.0 Å². The summed E-state index contributed by atoms with van der Waals surface area (Å²) < 4.78 is 27.3. The molecule has 1 saturated heterocycles. The molecule has 0 atom stereocenters. The number of aromatic amines is 1. The summed E-state index contributed by atoms with van der Waals surface area (Å²) in [5.41, 5.74) is 4.22. The molecule has 2 aromatic rings. The normalized spacial score (nSPS) is 16.3. The topological polar surface area (TPSA) is 53.2 Å². The number of aromatic nitrogens is 1. The Bertz CT molecular complexity index is 772. The van der Waals surface area contributed by atoms with E-state index in [0.717, 1.165) is 29.8 Å². The molecule has 118 valence electrons. The van der Waals surface area contributed by atoms with Crippen LogP contribution in [0.5, 0.6) is 0 Å². The number of hydrogen-bond donors (Lipinski definition) is 1. The van der Waals surface area contributed by atoms with Gasteiger partial charge in [0.1, 0.15) is 0 Å². The number of rotatable bonds is 4. The molecule has 1 aromatic carbocycles. The maximum Gasteiger partial charge on any atom is 0.243 e. The zero-order valence-electron chi connectivity index (χ0n) is 13.1. The largest absolute Gasteiger partial charge is 0.362 e. The van der Waals surface area contributed by atoms with Crippen LogP contribution in [0.4, 0.5) is 0 Å². The van der Waals surface area contributed by atoms with E-state index >= 15 is 0 Å².